The minimum atomic E-state index is -4.04. The summed E-state index contributed by atoms with van der Waals surface area (Å²) in [6, 6.07) is 17.3. The summed E-state index contributed by atoms with van der Waals surface area (Å²) >= 11 is 0. The summed E-state index contributed by atoms with van der Waals surface area (Å²) in [5.74, 6) is 0. The molecule has 3 aromatic rings. The Hall–Kier alpha value is -3.43. The third kappa shape index (κ3) is 5.19. The van der Waals surface area contributed by atoms with Crippen LogP contribution in [0.2, 0.25) is 0 Å². The highest BCUT2D eigenvalue weighted by Gasteiger charge is 2.23. The number of benzene rings is 3. The van der Waals surface area contributed by atoms with Crippen molar-refractivity contribution in [3.63, 3.8) is 0 Å². The minimum Gasteiger partial charge on any atom is -0.394 e. The second kappa shape index (κ2) is 9.15. The van der Waals surface area contributed by atoms with Gasteiger partial charge in [-0.2, -0.15) is 0 Å². The second-order valence-corrected chi connectivity index (χ2v) is 8.83. The van der Waals surface area contributed by atoms with E-state index in [-0.39, 0.29) is 17.2 Å². The van der Waals surface area contributed by atoms with Crippen molar-refractivity contribution in [1.29, 1.82) is 0 Å². The molecule has 0 spiro atoms. The van der Waals surface area contributed by atoms with Crippen molar-refractivity contribution in [3.8, 4) is 0 Å². The molecule has 0 aliphatic rings. The van der Waals surface area contributed by atoms with Crippen LogP contribution in [0.4, 0.5) is 17.1 Å². The van der Waals surface area contributed by atoms with Crippen LogP contribution in [-0.4, -0.2) is 25.1 Å². The first-order valence-corrected chi connectivity index (χ1v) is 11.0. The fraction of sp³-hybridized carbons (Fsp3) is 0.182. The van der Waals surface area contributed by atoms with Crippen LogP contribution in [0.25, 0.3) is 0 Å². The van der Waals surface area contributed by atoms with E-state index in [1.165, 1.54) is 12.1 Å². The topological polar surface area (TPSA) is 122 Å². The quantitative estimate of drug-likeness (QED) is 0.356. The summed E-state index contributed by atoms with van der Waals surface area (Å²) in [5.41, 5.74) is 2.58. The number of aliphatic hydroxyl groups is 1. The van der Waals surface area contributed by atoms with Gasteiger partial charge in [-0.15, -0.1) is 0 Å². The maximum atomic E-state index is 12.8. The molecular weight excluding hydrogens is 418 g/mol. The SMILES string of the molecule is Cc1ccc(NS(=O)(=O)c2ccc(NC(CO)c3ccccc3)c([N+](=O)[O-])c2)c(C)c1. The third-order valence-corrected chi connectivity index (χ3v) is 6.18. The van der Waals surface area contributed by atoms with Gasteiger partial charge >= 0.3 is 0 Å². The maximum absolute atomic E-state index is 12.8. The molecule has 3 rings (SSSR count). The fourth-order valence-corrected chi connectivity index (χ4v) is 4.34. The van der Waals surface area contributed by atoms with Crippen LogP contribution < -0.4 is 10.0 Å². The molecule has 1 atom stereocenters. The number of nitrogens with zero attached hydrogens (tertiary/aromatic N) is 1. The molecule has 0 aliphatic carbocycles. The Bertz CT molecular complexity index is 1200. The van der Waals surface area contributed by atoms with Crippen LogP contribution in [0, 0.1) is 24.0 Å². The van der Waals surface area contributed by atoms with E-state index in [9.17, 15) is 23.6 Å². The molecule has 9 heteroatoms. The largest absolute Gasteiger partial charge is 0.394 e. The Kier molecular flexibility index (Phi) is 6.57. The average Bonchev–Trinajstić information content (AvgIpc) is 2.74. The molecule has 162 valence electrons. The molecule has 0 bridgehead atoms. The van der Waals surface area contributed by atoms with Gasteiger partial charge in [0.05, 0.1) is 28.2 Å². The highest BCUT2D eigenvalue weighted by Crippen LogP contribution is 2.31. The van der Waals surface area contributed by atoms with Crippen LogP contribution in [0.1, 0.15) is 22.7 Å². The van der Waals surface area contributed by atoms with Gasteiger partial charge in [0.1, 0.15) is 5.69 Å². The summed E-state index contributed by atoms with van der Waals surface area (Å²) in [6.45, 7) is 3.38. The standard InChI is InChI=1S/C22H23N3O5S/c1-15-8-10-19(16(2)12-15)24-31(29,30)18-9-11-20(22(13-18)25(27)28)23-21(14-26)17-6-4-3-5-7-17/h3-13,21,23-24,26H,14H2,1-2H3. The number of aliphatic hydroxyl groups excluding tert-OH is 1. The average molecular weight is 442 g/mol. The second-order valence-electron chi connectivity index (χ2n) is 7.15. The number of nitro groups is 1. The molecule has 8 nitrogen and oxygen atoms in total. The van der Waals surface area contributed by atoms with Gasteiger partial charge in [-0.05, 0) is 43.2 Å². The van der Waals surface area contributed by atoms with Crippen LogP contribution in [0.5, 0.6) is 0 Å². The maximum Gasteiger partial charge on any atom is 0.293 e. The first-order chi connectivity index (χ1) is 14.7. The van der Waals surface area contributed by atoms with E-state index in [1.54, 1.807) is 43.3 Å². The normalized spacial score (nSPS) is 12.2. The lowest BCUT2D eigenvalue weighted by Gasteiger charge is -2.18. The number of anilines is 2. The summed E-state index contributed by atoms with van der Waals surface area (Å²) in [6.07, 6.45) is 0. The molecule has 0 amide bonds. The van der Waals surface area contributed by atoms with E-state index < -0.39 is 26.7 Å². The molecule has 0 aromatic heterocycles. The number of aryl methyl sites for hydroxylation is 2. The number of hydrogen-bond acceptors (Lipinski definition) is 6. The van der Waals surface area contributed by atoms with Crippen LogP contribution in [0.15, 0.2) is 71.6 Å². The first-order valence-electron chi connectivity index (χ1n) is 9.52. The van der Waals surface area contributed by atoms with Gasteiger partial charge in [0, 0.05) is 6.07 Å². The molecule has 3 N–H and O–H groups in total. The molecule has 0 saturated carbocycles. The summed E-state index contributed by atoms with van der Waals surface area (Å²) < 4.78 is 28.1. The Morgan fingerprint density at radius 3 is 2.29 bits per heavy atom. The van der Waals surface area contributed by atoms with Gasteiger partial charge in [-0.1, -0.05) is 48.0 Å². The highest BCUT2D eigenvalue weighted by molar-refractivity contribution is 7.92. The monoisotopic (exact) mass is 441 g/mol. The van der Waals surface area contributed by atoms with E-state index in [4.69, 9.17) is 0 Å². The highest BCUT2D eigenvalue weighted by atomic mass is 32.2. The van der Waals surface area contributed by atoms with Crippen molar-refractivity contribution in [3.05, 3.63) is 93.5 Å². The predicted molar refractivity (Wildman–Crippen MR) is 120 cm³/mol. The zero-order valence-electron chi connectivity index (χ0n) is 17.1. The van der Waals surface area contributed by atoms with Gasteiger partial charge in [-0.25, -0.2) is 8.42 Å². The smallest absolute Gasteiger partial charge is 0.293 e. The van der Waals surface area contributed by atoms with Crippen molar-refractivity contribution in [2.24, 2.45) is 0 Å². The Morgan fingerprint density at radius 2 is 1.68 bits per heavy atom. The van der Waals surface area contributed by atoms with Crippen molar-refractivity contribution in [2.45, 2.75) is 24.8 Å². The van der Waals surface area contributed by atoms with Crippen molar-refractivity contribution in [2.75, 3.05) is 16.6 Å². The predicted octanol–water partition coefficient (Wildman–Crippen LogP) is 4.16. The molecule has 31 heavy (non-hydrogen) atoms. The summed E-state index contributed by atoms with van der Waals surface area (Å²) in [4.78, 5) is 10.8. The lowest BCUT2D eigenvalue weighted by Crippen LogP contribution is -2.17. The molecule has 0 radical (unpaired) electrons. The van der Waals surface area contributed by atoms with Gasteiger partial charge in [0.2, 0.25) is 0 Å². The molecule has 0 aliphatic heterocycles. The number of nitrogens with one attached hydrogen (secondary N) is 2. The molecule has 3 aromatic carbocycles. The molecule has 0 fully saturated rings. The molecule has 0 saturated heterocycles. The van der Waals surface area contributed by atoms with E-state index in [1.807, 2.05) is 19.1 Å². The minimum absolute atomic E-state index is 0.110. The van der Waals surface area contributed by atoms with Gasteiger partial charge < -0.3 is 10.4 Å². The fourth-order valence-electron chi connectivity index (χ4n) is 3.19. The number of nitro benzene ring substituents is 1. The molecule has 1 unspecified atom stereocenters. The van der Waals surface area contributed by atoms with E-state index >= 15 is 0 Å². The molecular formula is C22H23N3O5S. The third-order valence-electron chi connectivity index (χ3n) is 4.82. The van der Waals surface area contributed by atoms with Crippen molar-refractivity contribution in [1.82, 2.24) is 0 Å². The van der Waals surface area contributed by atoms with Gasteiger partial charge in [0.15, 0.2) is 0 Å². The van der Waals surface area contributed by atoms with Gasteiger partial charge in [-0.3, -0.25) is 14.8 Å². The lowest BCUT2D eigenvalue weighted by atomic mass is 10.1. The van der Waals surface area contributed by atoms with Crippen molar-refractivity contribution < 1.29 is 18.4 Å². The lowest BCUT2D eigenvalue weighted by molar-refractivity contribution is -0.384. The molecule has 0 heterocycles. The van der Waals surface area contributed by atoms with Crippen LogP contribution >= 0.6 is 0 Å². The number of hydrogen-bond donors (Lipinski definition) is 3. The van der Waals surface area contributed by atoms with E-state index in [0.717, 1.165) is 22.8 Å². The Morgan fingerprint density at radius 1 is 1.00 bits per heavy atom. The first kappa shape index (κ1) is 22.3. The summed E-state index contributed by atoms with van der Waals surface area (Å²) in [5, 5.41) is 24.3. The Labute approximate surface area is 180 Å². The zero-order valence-corrected chi connectivity index (χ0v) is 17.9. The van der Waals surface area contributed by atoms with Crippen LogP contribution in [-0.2, 0) is 10.0 Å². The van der Waals surface area contributed by atoms with E-state index in [0.29, 0.717) is 5.69 Å². The Balaban J connectivity index is 1.93. The number of sulfonamides is 1. The summed E-state index contributed by atoms with van der Waals surface area (Å²) in [7, 11) is -4.04. The van der Waals surface area contributed by atoms with Crippen LogP contribution in [0.3, 0.4) is 0 Å². The van der Waals surface area contributed by atoms with E-state index in [2.05, 4.69) is 10.0 Å². The van der Waals surface area contributed by atoms with Crippen molar-refractivity contribution >= 4 is 27.1 Å². The number of rotatable bonds is 8. The zero-order chi connectivity index (χ0) is 22.6. The van der Waals surface area contributed by atoms with Gasteiger partial charge in [0.25, 0.3) is 15.7 Å².